The zero-order valence-electron chi connectivity index (χ0n) is 11.1. The largest absolute Gasteiger partial charge is 0.395 e. The Morgan fingerprint density at radius 3 is 2.90 bits per heavy atom. The van der Waals surface area contributed by atoms with Crippen LogP contribution in [0.15, 0.2) is 24.3 Å². The van der Waals surface area contributed by atoms with Crippen LogP contribution >= 0.6 is 0 Å². The number of halogens is 2. The number of alkyl halides is 2. The summed E-state index contributed by atoms with van der Waals surface area (Å²) in [7, 11) is 0. The summed E-state index contributed by atoms with van der Waals surface area (Å²) >= 11 is 0. The highest BCUT2D eigenvalue weighted by molar-refractivity contribution is 5.84. The van der Waals surface area contributed by atoms with E-state index < -0.39 is 24.9 Å². The van der Waals surface area contributed by atoms with Gasteiger partial charge in [0.15, 0.2) is 0 Å². The molecule has 110 valence electrons. The number of carbonyl (C=O) groups is 1. The van der Waals surface area contributed by atoms with Crippen molar-refractivity contribution in [2.75, 3.05) is 26.2 Å². The molecule has 0 fully saturated rings. The number of nitrogens with zero attached hydrogens (tertiary/aromatic N) is 1. The second-order valence-corrected chi connectivity index (χ2v) is 4.73. The lowest BCUT2D eigenvalue weighted by atomic mass is 9.93. The average molecular weight is 284 g/mol. The maximum atomic E-state index is 12.5. The third-order valence-electron chi connectivity index (χ3n) is 3.40. The Morgan fingerprint density at radius 2 is 2.20 bits per heavy atom. The molecule has 1 unspecified atom stereocenters. The van der Waals surface area contributed by atoms with Crippen LogP contribution in [0.25, 0.3) is 0 Å². The molecule has 1 aromatic rings. The van der Waals surface area contributed by atoms with Gasteiger partial charge < -0.3 is 15.3 Å². The molecular formula is C14H18F2N2O2. The van der Waals surface area contributed by atoms with Gasteiger partial charge in [0.1, 0.15) is 6.04 Å². The highest BCUT2D eigenvalue weighted by atomic mass is 19.3. The normalized spacial score (nSPS) is 17.9. The van der Waals surface area contributed by atoms with Gasteiger partial charge in [-0.1, -0.05) is 24.3 Å². The van der Waals surface area contributed by atoms with E-state index in [1.54, 1.807) is 0 Å². The molecule has 0 spiro atoms. The molecule has 6 heteroatoms. The molecule has 0 bridgehead atoms. The second-order valence-electron chi connectivity index (χ2n) is 4.73. The van der Waals surface area contributed by atoms with Gasteiger partial charge in [-0.05, 0) is 17.5 Å². The smallest absolute Gasteiger partial charge is 0.255 e. The highest BCUT2D eigenvalue weighted by Gasteiger charge is 2.30. The first-order valence-electron chi connectivity index (χ1n) is 6.62. The predicted molar refractivity (Wildman–Crippen MR) is 70.6 cm³/mol. The van der Waals surface area contributed by atoms with E-state index in [1.807, 2.05) is 24.3 Å². The monoisotopic (exact) mass is 284 g/mol. The van der Waals surface area contributed by atoms with Crippen molar-refractivity contribution in [3.8, 4) is 0 Å². The summed E-state index contributed by atoms with van der Waals surface area (Å²) in [6.45, 7) is -0.425. The molecule has 2 N–H and O–H groups in total. The molecule has 20 heavy (non-hydrogen) atoms. The zero-order chi connectivity index (χ0) is 14.5. The van der Waals surface area contributed by atoms with E-state index in [0.717, 1.165) is 22.4 Å². The van der Waals surface area contributed by atoms with Crippen LogP contribution < -0.4 is 5.32 Å². The van der Waals surface area contributed by atoms with Crippen LogP contribution in [0.5, 0.6) is 0 Å². The molecule has 1 aliphatic rings. The molecule has 1 aliphatic heterocycles. The van der Waals surface area contributed by atoms with Crippen LogP contribution in [0.1, 0.15) is 17.2 Å². The van der Waals surface area contributed by atoms with Gasteiger partial charge in [0, 0.05) is 13.1 Å². The van der Waals surface area contributed by atoms with E-state index in [9.17, 15) is 13.6 Å². The lowest BCUT2D eigenvalue weighted by molar-refractivity contribution is -0.136. The lowest BCUT2D eigenvalue weighted by Gasteiger charge is -2.31. The number of nitrogens with one attached hydrogen (secondary N) is 1. The first kappa shape index (κ1) is 14.9. The quantitative estimate of drug-likeness (QED) is 0.847. The number of hydrogen-bond donors (Lipinski definition) is 2. The summed E-state index contributed by atoms with van der Waals surface area (Å²) in [6, 6.07) is 6.90. The molecule has 1 aromatic carbocycles. The summed E-state index contributed by atoms with van der Waals surface area (Å²) in [5.41, 5.74) is 1.89. The van der Waals surface area contributed by atoms with Crippen molar-refractivity contribution in [1.29, 1.82) is 0 Å². The van der Waals surface area contributed by atoms with Crippen LogP contribution in [0.4, 0.5) is 8.78 Å². The molecular weight excluding hydrogens is 266 g/mol. The maximum absolute atomic E-state index is 12.5. The van der Waals surface area contributed by atoms with Gasteiger partial charge in [0.2, 0.25) is 5.91 Å². The minimum atomic E-state index is -2.61. The topological polar surface area (TPSA) is 52.6 Å². The predicted octanol–water partition coefficient (Wildman–Crippen LogP) is 0.959. The lowest BCUT2D eigenvalue weighted by Crippen LogP contribution is -2.46. The third kappa shape index (κ3) is 3.32. The first-order valence-corrected chi connectivity index (χ1v) is 6.62. The highest BCUT2D eigenvalue weighted by Crippen LogP contribution is 2.24. The molecule has 0 aliphatic carbocycles. The Bertz CT molecular complexity index is 468. The van der Waals surface area contributed by atoms with Crippen LogP contribution in [0, 0.1) is 0 Å². The molecule has 0 radical (unpaired) electrons. The molecule has 1 heterocycles. The third-order valence-corrected chi connectivity index (χ3v) is 3.40. The van der Waals surface area contributed by atoms with Crippen LogP contribution in [0.3, 0.4) is 0 Å². The van der Waals surface area contributed by atoms with Gasteiger partial charge >= 0.3 is 0 Å². The van der Waals surface area contributed by atoms with E-state index in [2.05, 4.69) is 5.32 Å². The van der Waals surface area contributed by atoms with Gasteiger partial charge in [-0.15, -0.1) is 0 Å². The van der Waals surface area contributed by atoms with Crippen LogP contribution in [-0.4, -0.2) is 48.6 Å². The minimum absolute atomic E-state index is 0.0798. The van der Waals surface area contributed by atoms with E-state index in [1.165, 1.54) is 0 Å². The van der Waals surface area contributed by atoms with Gasteiger partial charge in [-0.3, -0.25) is 4.79 Å². The van der Waals surface area contributed by atoms with Crippen LogP contribution in [-0.2, 0) is 11.2 Å². The Hall–Kier alpha value is -1.53. The average Bonchev–Trinajstić information content (AvgIpc) is 2.45. The number of fused-ring (bicyclic) bond motifs is 1. The minimum Gasteiger partial charge on any atom is -0.395 e. The Balaban J connectivity index is 2.19. The number of aliphatic hydroxyl groups is 1. The van der Waals surface area contributed by atoms with Crippen molar-refractivity contribution in [3.63, 3.8) is 0 Å². The fourth-order valence-corrected chi connectivity index (χ4v) is 2.49. The molecule has 2 rings (SSSR count). The van der Waals surface area contributed by atoms with Gasteiger partial charge in [0.05, 0.1) is 13.2 Å². The van der Waals surface area contributed by atoms with Crippen molar-refractivity contribution in [2.45, 2.75) is 18.9 Å². The standard InChI is InChI=1S/C14H18F2N2O2/c15-12(16)9-18(7-8-19)14(20)13-11-4-2-1-3-10(11)5-6-17-13/h1-4,12-13,17,19H,5-9H2. The molecule has 1 amide bonds. The SMILES string of the molecule is O=C(C1NCCc2ccccc21)N(CCO)CC(F)F. The number of amides is 1. The molecule has 0 aromatic heterocycles. The molecule has 0 saturated heterocycles. The Morgan fingerprint density at radius 1 is 1.45 bits per heavy atom. The molecule has 0 saturated carbocycles. The number of hydrogen-bond acceptors (Lipinski definition) is 3. The summed E-state index contributed by atoms with van der Waals surface area (Å²) in [6.07, 6.45) is -1.79. The summed E-state index contributed by atoms with van der Waals surface area (Å²) in [5.74, 6) is -0.411. The van der Waals surface area contributed by atoms with E-state index in [0.29, 0.717) is 6.54 Å². The van der Waals surface area contributed by atoms with Crippen LogP contribution in [0.2, 0.25) is 0 Å². The van der Waals surface area contributed by atoms with Crippen molar-refractivity contribution in [1.82, 2.24) is 10.2 Å². The summed E-state index contributed by atoms with van der Waals surface area (Å²) in [4.78, 5) is 13.4. The van der Waals surface area contributed by atoms with Gasteiger partial charge in [0.25, 0.3) is 6.43 Å². The van der Waals surface area contributed by atoms with Crippen molar-refractivity contribution in [2.24, 2.45) is 0 Å². The maximum Gasteiger partial charge on any atom is 0.255 e. The number of carbonyl (C=O) groups excluding carboxylic acids is 1. The first-order chi connectivity index (χ1) is 9.63. The summed E-state index contributed by atoms with van der Waals surface area (Å²) in [5, 5.41) is 12.0. The Labute approximate surface area is 116 Å². The fourth-order valence-electron chi connectivity index (χ4n) is 2.49. The fraction of sp³-hybridized carbons (Fsp3) is 0.500. The number of aliphatic hydroxyl groups excluding tert-OH is 1. The zero-order valence-corrected chi connectivity index (χ0v) is 11.1. The second kappa shape index (κ2) is 6.76. The van der Waals surface area contributed by atoms with E-state index >= 15 is 0 Å². The summed E-state index contributed by atoms with van der Waals surface area (Å²) < 4.78 is 25.1. The van der Waals surface area contributed by atoms with Gasteiger partial charge in [-0.2, -0.15) is 0 Å². The van der Waals surface area contributed by atoms with E-state index in [-0.39, 0.29) is 13.2 Å². The van der Waals surface area contributed by atoms with E-state index in [4.69, 9.17) is 5.11 Å². The van der Waals surface area contributed by atoms with Gasteiger partial charge in [-0.25, -0.2) is 8.78 Å². The number of benzene rings is 1. The molecule has 4 nitrogen and oxygen atoms in total. The Kier molecular flexibility index (Phi) is 5.03. The molecule has 1 atom stereocenters. The van der Waals surface area contributed by atoms with Crippen molar-refractivity contribution < 1.29 is 18.7 Å². The number of rotatable bonds is 5. The van der Waals surface area contributed by atoms with Crippen molar-refractivity contribution >= 4 is 5.91 Å². The van der Waals surface area contributed by atoms with Crippen molar-refractivity contribution in [3.05, 3.63) is 35.4 Å².